The third-order valence-corrected chi connectivity index (χ3v) is 3.67. The summed E-state index contributed by atoms with van der Waals surface area (Å²) in [6.45, 7) is 2.10. The highest BCUT2D eigenvalue weighted by Gasteiger charge is 2.13. The zero-order chi connectivity index (χ0) is 13.8. The van der Waals surface area contributed by atoms with Gasteiger partial charge in [-0.25, -0.2) is 4.39 Å². The van der Waals surface area contributed by atoms with Gasteiger partial charge in [-0.05, 0) is 35.7 Å². The third kappa shape index (κ3) is 3.64. The molecule has 2 aromatic rings. The molecule has 0 aliphatic rings. The van der Waals surface area contributed by atoms with Gasteiger partial charge in [-0.2, -0.15) is 0 Å². The number of rotatable bonds is 4. The maximum Gasteiger partial charge on any atom is 0.129 e. The van der Waals surface area contributed by atoms with E-state index in [-0.39, 0.29) is 5.82 Å². The van der Waals surface area contributed by atoms with E-state index in [1.165, 1.54) is 11.6 Å². The van der Waals surface area contributed by atoms with Crippen LogP contribution in [0.25, 0.3) is 0 Å². The first-order valence-electron chi connectivity index (χ1n) is 6.31. The molecule has 0 amide bonds. The van der Waals surface area contributed by atoms with Crippen molar-refractivity contribution in [3.63, 3.8) is 0 Å². The van der Waals surface area contributed by atoms with Crippen LogP contribution in [-0.2, 0) is 12.8 Å². The summed E-state index contributed by atoms with van der Waals surface area (Å²) in [5.74, 6) is -0.374. The summed E-state index contributed by atoms with van der Waals surface area (Å²) in [5, 5.41) is 10.1. The molecule has 3 heteroatoms. The van der Waals surface area contributed by atoms with E-state index in [9.17, 15) is 9.50 Å². The first-order valence-corrected chi connectivity index (χ1v) is 7.10. The number of aliphatic hydroxyl groups excluding tert-OH is 1. The van der Waals surface area contributed by atoms with Crippen molar-refractivity contribution in [2.24, 2.45) is 0 Å². The fraction of sp³-hybridized carbons (Fsp3) is 0.250. The summed E-state index contributed by atoms with van der Waals surface area (Å²) < 4.78 is 14.4. The number of halogens is 2. The highest BCUT2D eigenvalue weighted by Crippen LogP contribution is 2.24. The van der Waals surface area contributed by atoms with Gasteiger partial charge in [0.2, 0.25) is 0 Å². The van der Waals surface area contributed by atoms with Crippen LogP contribution in [0.15, 0.2) is 46.9 Å². The molecule has 0 fully saturated rings. The van der Waals surface area contributed by atoms with E-state index >= 15 is 0 Å². The van der Waals surface area contributed by atoms with Gasteiger partial charge in [-0.1, -0.05) is 47.1 Å². The summed E-state index contributed by atoms with van der Waals surface area (Å²) >= 11 is 3.29. The van der Waals surface area contributed by atoms with Gasteiger partial charge in [-0.3, -0.25) is 0 Å². The molecule has 0 saturated heterocycles. The minimum atomic E-state index is -0.829. The zero-order valence-electron chi connectivity index (χ0n) is 10.7. The van der Waals surface area contributed by atoms with Crippen LogP contribution in [0, 0.1) is 5.82 Å². The topological polar surface area (TPSA) is 20.2 Å². The predicted octanol–water partition coefficient (Wildman–Crippen LogP) is 4.43. The van der Waals surface area contributed by atoms with Gasteiger partial charge in [0.1, 0.15) is 5.82 Å². The standard InChI is InChI=1S/C16H16BrFO/c1-2-11-3-5-12(6-4-11)9-16(19)14-10-13(17)7-8-15(14)18/h3-8,10,16,19H,2,9H2,1H3. The van der Waals surface area contributed by atoms with Gasteiger partial charge >= 0.3 is 0 Å². The molecular weight excluding hydrogens is 307 g/mol. The molecule has 19 heavy (non-hydrogen) atoms. The highest BCUT2D eigenvalue weighted by molar-refractivity contribution is 9.10. The Morgan fingerprint density at radius 1 is 1.11 bits per heavy atom. The Morgan fingerprint density at radius 2 is 1.74 bits per heavy atom. The van der Waals surface area contributed by atoms with E-state index in [4.69, 9.17) is 0 Å². The lowest BCUT2D eigenvalue weighted by Gasteiger charge is -2.13. The van der Waals surface area contributed by atoms with Gasteiger partial charge < -0.3 is 5.11 Å². The second kappa shape index (κ2) is 6.31. The Labute approximate surface area is 121 Å². The second-order valence-electron chi connectivity index (χ2n) is 4.56. The van der Waals surface area contributed by atoms with Gasteiger partial charge in [0.05, 0.1) is 6.10 Å². The van der Waals surface area contributed by atoms with E-state index in [0.29, 0.717) is 12.0 Å². The lowest BCUT2D eigenvalue weighted by Crippen LogP contribution is -2.04. The minimum Gasteiger partial charge on any atom is -0.388 e. The SMILES string of the molecule is CCc1ccc(CC(O)c2cc(Br)ccc2F)cc1. The Kier molecular flexibility index (Phi) is 4.72. The maximum absolute atomic E-state index is 13.7. The van der Waals surface area contributed by atoms with Gasteiger partial charge in [0.25, 0.3) is 0 Å². The molecule has 2 aromatic carbocycles. The molecule has 0 aliphatic carbocycles. The predicted molar refractivity (Wildman–Crippen MR) is 78.6 cm³/mol. The summed E-state index contributed by atoms with van der Waals surface area (Å²) in [5.41, 5.74) is 2.59. The number of benzene rings is 2. The van der Waals surface area contributed by atoms with Crippen molar-refractivity contribution in [3.8, 4) is 0 Å². The van der Waals surface area contributed by atoms with Crippen LogP contribution in [0.2, 0.25) is 0 Å². The van der Waals surface area contributed by atoms with Crippen LogP contribution >= 0.6 is 15.9 Å². The molecule has 1 atom stereocenters. The second-order valence-corrected chi connectivity index (χ2v) is 5.47. The molecule has 0 saturated carbocycles. The Hall–Kier alpha value is -1.19. The van der Waals surface area contributed by atoms with Crippen molar-refractivity contribution in [2.75, 3.05) is 0 Å². The average Bonchev–Trinajstić information content (AvgIpc) is 2.42. The average molecular weight is 323 g/mol. The normalized spacial score (nSPS) is 12.4. The van der Waals surface area contributed by atoms with E-state index in [0.717, 1.165) is 16.5 Å². The Bertz CT molecular complexity index is 551. The van der Waals surface area contributed by atoms with Crippen molar-refractivity contribution in [3.05, 3.63) is 69.4 Å². The Morgan fingerprint density at radius 3 is 2.37 bits per heavy atom. The number of hydrogen-bond donors (Lipinski definition) is 1. The van der Waals surface area contributed by atoms with Crippen molar-refractivity contribution < 1.29 is 9.50 Å². The van der Waals surface area contributed by atoms with Crippen LogP contribution in [0.1, 0.15) is 29.7 Å². The zero-order valence-corrected chi connectivity index (χ0v) is 12.3. The van der Waals surface area contributed by atoms with Crippen LogP contribution in [0.5, 0.6) is 0 Å². The van der Waals surface area contributed by atoms with E-state index < -0.39 is 6.10 Å². The van der Waals surface area contributed by atoms with Gasteiger partial charge in [0, 0.05) is 16.5 Å². The fourth-order valence-corrected chi connectivity index (χ4v) is 2.39. The number of aryl methyl sites for hydroxylation is 1. The van der Waals surface area contributed by atoms with Crippen LogP contribution in [-0.4, -0.2) is 5.11 Å². The van der Waals surface area contributed by atoms with Crippen molar-refractivity contribution in [2.45, 2.75) is 25.9 Å². The Balaban J connectivity index is 2.15. The monoisotopic (exact) mass is 322 g/mol. The van der Waals surface area contributed by atoms with Crippen molar-refractivity contribution >= 4 is 15.9 Å². The molecule has 0 heterocycles. The van der Waals surface area contributed by atoms with Gasteiger partial charge in [0.15, 0.2) is 0 Å². The molecule has 100 valence electrons. The van der Waals surface area contributed by atoms with E-state index in [1.54, 1.807) is 12.1 Å². The van der Waals surface area contributed by atoms with E-state index in [1.807, 2.05) is 24.3 Å². The lowest BCUT2D eigenvalue weighted by atomic mass is 10.00. The fourth-order valence-electron chi connectivity index (χ4n) is 2.01. The molecular formula is C16H16BrFO. The molecule has 0 aromatic heterocycles. The maximum atomic E-state index is 13.7. The first-order chi connectivity index (χ1) is 9.10. The number of hydrogen-bond acceptors (Lipinski definition) is 1. The van der Waals surface area contributed by atoms with Crippen molar-refractivity contribution in [1.82, 2.24) is 0 Å². The molecule has 0 spiro atoms. The summed E-state index contributed by atoms with van der Waals surface area (Å²) in [6, 6.07) is 12.7. The smallest absolute Gasteiger partial charge is 0.129 e. The van der Waals surface area contributed by atoms with Crippen LogP contribution in [0.3, 0.4) is 0 Å². The molecule has 0 aliphatic heterocycles. The molecule has 0 radical (unpaired) electrons. The first kappa shape index (κ1) is 14.2. The van der Waals surface area contributed by atoms with E-state index in [2.05, 4.69) is 22.9 Å². The molecule has 1 unspecified atom stereocenters. The summed E-state index contributed by atoms with van der Waals surface area (Å²) in [6.07, 6.45) is 0.575. The largest absolute Gasteiger partial charge is 0.388 e. The summed E-state index contributed by atoms with van der Waals surface area (Å²) in [7, 11) is 0. The lowest BCUT2D eigenvalue weighted by molar-refractivity contribution is 0.173. The molecule has 2 rings (SSSR count). The molecule has 1 nitrogen and oxygen atoms in total. The number of aliphatic hydroxyl groups is 1. The third-order valence-electron chi connectivity index (χ3n) is 3.18. The molecule has 1 N–H and O–H groups in total. The quantitative estimate of drug-likeness (QED) is 0.883. The van der Waals surface area contributed by atoms with Crippen LogP contribution in [0.4, 0.5) is 4.39 Å². The summed E-state index contributed by atoms with van der Waals surface area (Å²) in [4.78, 5) is 0. The molecule has 0 bridgehead atoms. The van der Waals surface area contributed by atoms with Crippen molar-refractivity contribution in [1.29, 1.82) is 0 Å². The highest BCUT2D eigenvalue weighted by atomic mass is 79.9. The van der Waals surface area contributed by atoms with Gasteiger partial charge in [-0.15, -0.1) is 0 Å². The van der Waals surface area contributed by atoms with Crippen LogP contribution < -0.4 is 0 Å². The minimum absolute atomic E-state index is 0.328.